The molecule has 2 heterocycles. The second kappa shape index (κ2) is 9.12. The highest BCUT2D eigenvalue weighted by Crippen LogP contribution is 2.37. The Morgan fingerprint density at radius 2 is 1.97 bits per heavy atom. The molecule has 0 spiro atoms. The third-order valence-electron chi connectivity index (χ3n) is 4.21. The molecule has 1 aromatic carbocycles. The third-order valence-corrected chi connectivity index (χ3v) is 5.56. The number of hydrogen-bond acceptors (Lipinski definition) is 7. The first kappa shape index (κ1) is 20.9. The van der Waals surface area contributed by atoms with Crippen LogP contribution >= 0.6 is 11.8 Å². The van der Waals surface area contributed by atoms with Crippen LogP contribution in [0.15, 0.2) is 52.1 Å². The zero-order valence-corrected chi connectivity index (χ0v) is 16.7. The maximum Gasteiger partial charge on any atom is 0.237 e. The molecule has 0 radical (unpaired) electrons. The van der Waals surface area contributed by atoms with Crippen molar-refractivity contribution >= 4 is 29.2 Å². The fourth-order valence-electron chi connectivity index (χ4n) is 2.76. The number of furan rings is 1. The van der Waals surface area contributed by atoms with E-state index in [0.717, 1.165) is 11.8 Å². The van der Waals surface area contributed by atoms with Crippen molar-refractivity contribution in [1.82, 2.24) is 4.98 Å². The van der Waals surface area contributed by atoms with E-state index in [0.29, 0.717) is 17.9 Å². The van der Waals surface area contributed by atoms with Gasteiger partial charge in [-0.2, -0.15) is 10.5 Å². The Morgan fingerprint density at radius 1 is 1.27 bits per heavy atom. The summed E-state index contributed by atoms with van der Waals surface area (Å²) >= 11 is 1.06. The van der Waals surface area contributed by atoms with Crippen molar-refractivity contribution in [3.63, 3.8) is 0 Å². The Kier molecular flexibility index (Phi) is 6.35. The Hall–Kier alpha value is -3.82. The lowest BCUT2D eigenvalue weighted by Gasteiger charge is -2.17. The SMILES string of the molecule is CCC(Sc1nc(N)c(C#N)c(-c2ccco2)c1C#N)C(=O)Nc1ccc(F)cc1. The van der Waals surface area contributed by atoms with Gasteiger partial charge < -0.3 is 15.5 Å². The molecule has 3 rings (SSSR count). The molecule has 1 unspecified atom stereocenters. The van der Waals surface area contributed by atoms with Gasteiger partial charge in [0.1, 0.15) is 40.1 Å². The summed E-state index contributed by atoms with van der Waals surface area (Å²) in [7, 11) is 0. The number of nitrogens with two attached hydrogens (primary N) is 1. The predicted octanol–water partition coefficient (Wildman–Crippen LogP) is 4.32. The van der Waals surface area contributed by atoms with Crippen molar-refractivity contribution in [2.24, 2.45) is 0 Å². The minimum Gasteiger partial charge on any atom is -0.464 e. The highest BCUT2D eigenvalue weighted by molar-refractivity contribution is 8.00. The first-order valence-electron chi connectivity index (χ1n) is 8.89. The van der Waals surface area contributed by atoms with Crippen molar-refractivity contribution in [2.45, 2.75) is 23.6 Å². The lowest BCUT2D eigenvalue weighted by Crippen LogP contribution is -2.25. The van der Waals surface area contributed by atoms with Crippen LogP contribution < -0.4 is 11.1 Å². The van der Waals surface area contributed by atoms with Gasteiger partial charge in [0.2, 0.25) is 5.91 Å². The number of hydrogen-bond donors (Lipinski definition) is 2. The van der Waals surface area contributed by atoms with E-state index in [1.807, 2.05) is 13.0 Å². The van der Waals surface area contributed by atoms with Crippen molar-refractivity contribution in [2.75, 3.05) is 11.1 Å². The normalized spacial score (nSPS) is 11.3. The summed E-state index contributed by atoms with van der Waals surface area (Å²) in [5.41, 5.74) is 6.79. The molecule has 0 aliphatic carbocycles. The second-order valence-electron chi connectivity index (χ2n) is 6.14. The zero-order chi connectivity index (χ0) is 21.7. The van der Waals surface area contributed by atoms with Crippen LogP contribution in [0.5, 0.6) is 0 Å². The van der Waals surface area contributed by atoms with Crippen LogP contribution in [-0.4, -0.2) is 16.1 Å². The molecule has 3 aromatic rings. The van der Waals surface area contributed by atoms with Gasteiger partial charge in [-0.1, -0.05) is 18.7 Å². The number of nitrogens with one attached hydrogen (secondary N) is 1. The molecule has 1 atom stereocenters. The molecule has 0 saturated carbocycles. The summed E-state index contributed by atoms with van der Waals surface area (Å²) in [6.07, 6.45) is 1.85. The number of carbonyl (C=O) groups excluding carboxylic acids is 1. The van der Waals surface area contributed by atoms with Crippen LogP contribution in [0, 0.1) is 28.5 Å². The van der Waals surface area contributed by atoms with E-state index in [-0.39, 0.29) is 33.4 Å². The van der Waals surface area contributed by atoms with E-state index in [2.05, 4.69) is 16.4 Å². The van der Waals surface area contributed by atoms with E-state index in [4.69, 9.17) is 10.2 Å². The first-order valence-corrected chi connectivity index (χ1v) is 9.77. The van der Waals surface area contributed by atoms with Crippen LogP contribution in [0.3, 0.4) is 0 Å². The fraction of sp³-hybridized carbons (Fsp3) is 0.143. The van der Waals surface area contributed by atoms with Crippen LogP contribution in [-0.2, 0) is 4.79 Å². The summed E-state index contributed by atoms with van der Waals surface area (Å²) in [6.45, 7) is 1.81. The molecule has 0 aliphatic heterocycles. The van der Waals surface area contributed by atoms with Crippen LogP contribution in [0.4, 0.5) is 15.9 Å². The van der Waals surface area contributed by atoms with Crippen molar-refractivity contribution < 1.29 is 13.6 Å². The van der Waals surface area contributed by atoms with Gasteiger partial charge in [-0.3, -0.25) is 4.79 Å². The number of nitrogens with zero attached hydrogens (tertiary/aromatic N) is 3. The summed E-state index contributed by atoms with van der Waals surface area (Å²) in [5, 5.41) is 21.6. The zero-order valence-electron chi connectivity index (χ0n) is 15.8. The molecular weight excluding hydrogens is 405 g/mol. The topological polar surface area (TPSA) is 129 Å². The maximum absolute atomic E-state index is 13.1. The van der Waals surface area contributed by atoms with Gasteiger partial charge >= 0.3 is 0 Å². The number of benzene rings is 1. The van der Waals surface area contributed by atoms with E-state index in [1.165, 1.54) is 30.5 Å². The van der Waals surface area contributed by atoms with Crippen molar-refractivity contribution in [3.05, 3.63) is 59.6 Å². The average Bonchev–Trinajstić information content (AvgIpc) is 3.27. The fourth-order valence-corrected chi connectivity index (χ4v) is 3.78. The molecule has 2 aromatic heterocycles. The number of nitriles is 2. The monoisotopic (exact) mass is 421 g/mol. The number of carbonyl (C=O) groups is 1. The Balaban J connectivity index is 1.96. The summed E-state index contributed by atoms with van der Waals surface area (Å²) in [6, 6.07) is 12.7. The van der Waals surface area contributed by atoms with Crippen molar-refractivity contribution in [1.29, 1.82) is 10.5 Å². The number of thioether (sulfide) groups is 1. The van der Waals surface area contributed by atoms with Crippen LogP contribution in [0.2, 0.25) is 0 Å². The molecule has 7 nitrogen and oxygen atoms in total. The number of amides is 1. The summed E-state index contributed by atoms with van der Waals surface area (Å²) in [5.74, 6) is -0.486. The Bertz CT molecular complexity index is 1150. The van der Waals surface area contributed by atoms with Gasteiger partial charge in [0.25, 0.3) is 0 Å². The van der Waals surface area contributed by atoms with E-state index >= 15 is 0 Å². The molecule has 3 N–H and O–H groups in total. The number of anilines is 2. The Morgan fingerprint density at radius 3 is 2.53 bits per heavy atom. The molecule has 1 amide bonds. The lowest BCUT2D eigenvalue weighted by atomic mass is 10.0. The Labute approximate surface area is 176 Å². The number of pyridine rings is 1. The first-order chi connectivity index (χ1) is 14.5. The molecule has 9 heteroatoms. The highest BCUT2D eigenvalue weighted by atomic mass is 32.2. The minimum absolute atomic E-state index is 0.0367. The van der Waals surface area contributed by atoms with Gasteiger partial charge in [-0.05, 0) is 42.8 Å². The van der Waals surface area contributed by atoms with Gasteiger partial charge in [0, 0.05) is 5.69 Å². The van der Waals surface area contributed by atoms with E-state index in [9.17, 15) is 19.7 Å². The number of rotatable bonds is 6. The number of aromatic nitrogens is 1. The maximum atomic E-state index is 13.1. The third kappa shape index (κ3) is 4.27. The molecular formula is C21H16FN5O2S. The quantitative estimate of drug-likeness (QED) is 0.567. The van der Waals surface area contributed by atoms with Crippen LogP contribution in [0.25, 0.3) is 11.3 Å². The minimum atomic E-state index is -0.605. The molecule has 0 saturated heterocycles. The molecule has 0 fully saturated rings. The molecule has 0 aliphatic rings. The summed E-state index contributed by atoms with van der Waals surface area (Å²) < 4.78 is 18.5. The lowest BCUT2D eigenvalue weighted by molar-refractivity contribution is -0.115. The highest BCUT2D eigenvalue weighted by Gasteiger charge is 2.26. The van der Waals surface area contributed by atoms with Crippen LogP contribution in [0.1, 0.15) is 24.5 Å². The smallest absolute Gasteiger partial charge is 0.237 e. The second-order valence-corrected chi connectivity index (χ2v) is 7.33. The number of nitrogen functional groups attached to an aromatic ring is 1. The predicted molar refractivity (Wildman–Crippen MR) is 111 cm³/mol. The molecule has 150 valence electrons. The largest absolute Gasteiger partial charge is 0.464 e. The number of halogens is 1. The summed E-state index contributed by atoms with van der Waals surface area (Å²) in [4.78, 5) is 16.9. The van der Waals surface area contributed by atoms with Gasteiger partial charge in [-0.25, -0.2) is 9.37 Å². The van der Waals surface area contributed by atoms with Gasteiger partial charge in [0.05, 0.1) is 22.6 Å². The van der Waals surface area contributed by atoms with Crippen molar-refractivity contribution in [3.8, 4) is 23.5 Å². The molecule has 0 bridgehead atoms. The van der Waals surface area contributed by atoms with Gasteiger partial charge in [-0.15, -0.1) is 0 Å². The van der Waals surface area contributed by atoms with E-state index in [1.54, 1.807) is 12.1 Å². The average molecular weight is 421 g/mol. The van der Waals surface area contributed by atoms with E-state index < -0.39 is 11.1 Å². The molecule has 30 heavy (non-hydrogen) atoms. The standard InChI is InChI=1S/C21H16FN5O2S/c1-2-17(20(28)26-13-7-5-12(22)6-8-13)30-21-15(11-24)18(16-4-3-9-29-16)14(10-23)19(25)27-21/h3-9,17H,2H2,1H3,(H2,25,27)(H,26,28). The van der Waals surface area contributed by atoms with Gasteiger partial charge in [0.15, 0.2) is 0 Å².